The lowest BCUT2D eigenvalue weighted by atomic mass is 9.65. The normalized spacial score (nSPS) is 26.7. The number of hydrogen-bond donors (Lipinski definition) is 2. The van der Waals surface area contributed by atoms with E-state index in [9.17, 15) is 13.5 Å². The summed E-state index contributed by atoms with van der Waals surface area (Å²) in [6, 6.07) is 6.68. The van der Waals surface area contributed by atoms with Crippen molar-refractivity contribution in [1.82, 2.24) is 4.72 Å². The Kier molecular flexibility index (Phi) is 3.25. The maximum atomic E-state index is 12.3. The first-order valence-corrected chi connectivity index (χ1v) is 7.49. The molecule has 1 aromatic rings. The molecule has 0 aliphatic heterocycles. The first-order valence-electron chi connectivity index (χ1n) is 6.01. The summed E-state index contributed by atoms with van der Waals surface area (Å²) >= 11 is 0. The fraction of sp³-hybridized carbons (Fsp3) is 0.538. The van der Waals surface area contributed by atoms with E-state index in [1.54, 1.807) is 25.1 Å². The lowest BCUT2D eigenvalue weighted by Gasteiger charge is -2.49. The second-order valence-electron chi connectivity index (χ2n) is 5.51. The highest BCUT2D eigenvalue weighted by molar-refractivity contribution is 7.89. The average molecular weight is 269 g/mol. The summed E-state index contributed by atoms with van der Waals surface area (Å²) in [6.45, 7) is 5.51. The van der Waals surface area contributed by atoms with Crippen molar-refractivity contribution in [3.63, 3.8) is 0 Å². The molecule has 1 fully saturated rings. The molecule has 1 saturated carbocycles. The van der Waals surface area contributed by atoms with Gasteiger partial charge in [0.05, 0.1) is 11.0 Å². The Balaban J connectivity index is 2.22. The van der Waals surface area contributed by atoms with Gasteiger partial charge >= 0.3 is 0 Å². The molecule has 1 aliphatic carbocycles. The predicted molar refractivity (Wildman–Crippen MR) is 69.7 cm³/mol. The van der Waals surface area contributed by atoms with Crippen molar-refractivity contribution in [1.29, 1.82) is 0 Å². The molecule has 2 N–H and O–H groups in total. The van der Waals surface area contributed by atoms with Gasteiger partial charge in [-0.15, -0.1) is 0 Å². The molecular formula is C13H19NO3S. The zero-order chi connectivity index (χ0) is 13.6. The van der Waals surface area contributed by atoms with Crippen LogP contribution in [0.2, 0.25) is 0 Å². The van der Waals surface area contributed by atoms with Gasteiger partial charge < -0.3 is 5.11 Å². The Bertz CT molecular complexity index is 551. The van der Waals surface area contributed by atoms with Crippen molar-refractivity contribution in [2.45, 2.75) is 44.2 Å². The third-order valence-electron chi connectivity index (χ3n) is 3.90. The minimum Gasteiger partial charge on any atom is -0.392 e. The zero-order valence-electron chi connectivity index (χ0n) is 10.8. The minimum absolute atomic E-state index is 0.211. The van der Waals surface area contributed by atoms with E-state index in [2.05, 4.69) is 4.72 Å². The predicted octanol–water partition coefficient (Wildman–Crippen LogP) is 1.43. The number of benzene rings is 1. The van der Waals surface area contributed by atoms with Crippen LogP contribution in [-0.4, -0.2) is 25.7 Å². The number of rotatable bonds is 3. The molecule has 2 unspecified atom stereocenters. The molecule has 0 amide bonds. The number of hydrogen-bond acceptors (Lipinski definition) is 3. The molecule has 0 heterocycles. The smallest absolute Gasteiger partial charge is 0.241 e. The highest BCUT2D eigenvalue weighted by atomic mass is 32.2. The molecule has 1 aromatic carbocycles. The van der Waals surface area contributed by atoms with Crippen LogP contribution in [0.4, 0.5) is 0 Å². The highest BCUT2D eigenvalue weighted by Gasteiger charge is 2.48. The SMILES string of the molecule is Cc1ccccc1S(=O)(=O)NC1CC(O)C1(C)C. The van der Waals surface area contributed by atoms with Gasteiger partial charge in [0, 0.05) is 11.5 Å². The van der Waals surface area contributed by atoms with Crippen LogP contribution in [0.25, 0.3) is 0 Å². The fourth-order valence-corrected chi connectivity index (χ4v) is 3.86. The van der Waals surface area contributed by atoms with Gasteiger partial charge in [0.25, 0.3) is 0 Å². The number of sulfonamides is 1. The molecule has 0 bridgehead atoms. The first kappa shape index (κ1) is 13.5. The summed E-state index contributed by atoms with van der Waals surface area (Å²) in [5, 5.41) is 9.63. The van der Waals surface area contributed by atoms with E-state index in [1.165, 1.54) is 0 Å². The van der Waals surface area contributed by atoms with E-state index in [1.807, 2.05) is 19.9 Å². The van der Waals surface area contributed by atoms with Crippen LogP contribution < -0.4 is 4.72 Å². The largest absolute Gasteiger partial charge is 0.392 e. The Labute approximate surface area is 108 Å². The monoisotopic (exact) mass is 269 g/mol. The number of nitrogens with one attached hydrogen (secondary N) is 1. The molecular weight excluding hydrogens is 250 g/mol. The standard InChI is InChI=1S/C13H19NO3S/c1-9-6-4-5-7-10(9)18(16,17)14-11-8-12(15)13(11,2)3/h4-7,11-12,14-15H,8H2,1-3H3. The molecule has 100 valence electrons. The van der Waals surface area contributed by atoms with E-state index in [-0.39, 0.29) is 6.04 Å². The number of aliphatic hydroxyl groups excluding tert-OH is 1. The summed E-state index contributed by atoms with van der Waals surface area (Å²) < 4.78 is 27.2. The molecule has 0 aromatic heterocycles. The van der Waals surface area contributed by atoms with Gasteiger partial charge in [0.15, 0.2) is 0 Å². The Morgan fingerprint density at radius 3 is 2.44 bits per heavy atom. The average Bonchev–Trinajstić information content (AvgIpc) is 2.29. The second-order valence-corrected chi connectivity index (χ2v) is 7.19. The molecule has 5 heteroatoms. The number of aryl methyl sites for hydroxylation is 1. The van der Waals surface area contributed by atoms with E-state index in [0.717, 1.165) is 5.56 Å². The third kappa shape index (κ3) is 2.18. The van der Waals surface area contributed by atoms with Crippen LogP contribution in [0.15, 0.2) is 29.2 Å². The van der Waals surface area contributed by atoms with Gasteiger partial charge in [-0.05, 0) is 25.0 Å². The van der Waals surface area contributed by atoms with Gasteiger partial charge in [0.2, 0.25) is 10.0 Å². The summed E-state index contributed by atoms with van der Waals surface area (Å²) in [4.78, 5) is 0.308. The molecule has 0 radical (unpaired) electrons. The van der Waals surface area contributed by atoms with E-state index >= 15 is 0 Å². The van der Waals surface area contributed by atoms with Crippen molar-refractivity contribution >= 4 is 10.0 Å². The third-order valence-corrected chi connectivity index (χ3v) is 5.53. The van der Waals surface area contributed by atoms with Crippen LogP contribution in [0.5, 0.6) is 0 Å². The first-order chi connectivity index (χ1) is 8.25. The van der Waals surface area contributed by atoms with E-state index in [0.29, 0.717) is 11.3 Å². The topological polar surface area (TPSA) is 66.4 Å². The van der Waals surface area contributed by atoms with Gasteiger partial charge in [-0.25, -0.2) is 13.1 Å². The van der Waals surface area contributed by atoms with Crippen molar-refractivity contribution in [2.24, 2.45) is 5.41 Å². The van der Waals surface area contributed by atoms with Gasteiger partial charge in [-0.2, -0.15) is 0 Å². The maximum absolute atomic E-state index is 12.3. The molecule has 2 atom stereocenters. The molecule has 0 spiro atoms. The van der Waals surface area contributed by atoms with Crippen molar-refractivity contribution in [2.75, 3.05) is 0 Å². The van der Waals surface area contributed by atoms with Crippen molar-refractivity contribution in [3.05, 3.63) is 29.8 Å². The second kappa shape index (κ2) is 4.33. The molecule has 1 aliphatic rings. The van der Waals surface area contributed by atoms with Crippen molar-refractivity contribution < 1.29 is 13.5 Å². The molecule has 0 saturated heterocycles. The Hall–Kier alpha value is -0.910. The van der Waals surface area contributed by atoms with Crippen LogP contribution in [0.3, 0.4) is 0 Å². The quantitative estimate of drug-likeness (QED) is 0.872. The zero-order valence-corrected chi connectivity index (χ0v) is 11.7. The fourth-order valence-electron chi connectivity index (χ4n) is 2.21. The molecule has 2 rings (SSSR count). The Morgan fingerprint density at radius 1 is 1.33 bits per heavy atom. The lowest BCUT2D eigenvalue weighted by Crippen LogP contribution is -2.61. The highest BCUT2D eigenvalue weighted by Crippen LogP contribution is 2.41. The maximum Gasteiger partial charge on any atom is 0.241 e. The van der Waals surface area contributed by atoms with Crippen LogP contribution >= 0.6 is 0 Å². The van der Waals surface area contributed by atoms with Gasteiger partial charge in [-0.1, -0.05) is 32.0 Å². The van der Waals surface area contributed by atoms with Gasteiger partial charge in [0.1, 0.15) is 0 Å². The molecule has 18 heavy (non-hydrogen) atoms. The minimum atomic E-state index is -3.51. The van der Waals surface area contributed by atoms with Crippen molar-refractivity contribution in [3.8, 4) is 0 Å². The van der Waals surface area contributed by atoms with Gasteiger partial charge in [-0.3, -0.25) is 0 Å². The summed E-state index contributed by atoms with van der Waals surface area (Å²) in [6.07, 6.45) is 0.0278. The lowest BCUT2D eigenvalue weighted by molar-refractivity contribution is -0.0645. The molecule has 4 nitrogen and oxygen atoms in total. The Morgan fingerprint density at radius 2 is 1.94 bits per heavy atom. The number of aliphatic hydroxyl groups is 1. The van der Waals surface area contributed by atoms with E-state index in [4.69, 9.17) is 0 Å². The van der Waals surface area contributed by atoms with Crippen LogP contribution in [-0.2, 0) is 10.0 Å². The van der Waals surface area contributed by atoms with Crippen LogP contribution in [0, 0.1) is 12.3 Å². The summed E-state index contributed by atoms with van der Waals surface area (Å²) in [5.74, 6) is 0. The summed E-state index contributed by atoms with van der Waals surface area (Å²) in [7, 11) is -3.51. The van der Waals surface area contributed by atoms with Crippen LogP contribution in [0.1, 0.15) is 25.8 Å². The summed E-state index contributed by atoms with van der Waals surface area (Å²) in [5.41, 5.74) is 0.318. The van der Waals surface area contributed by atoms with E-state index < -0.39 is 21.5 Å².